The Labute approximate surface area is 123 Å². The molecular formula is C12H13BrN3O2S+. The molecule has 0 unspecified atom stereocenters. The molecule has 0 aliphatic heterocycles. The molecule has 2 aromatic rings. The fourth-order valence-corrected chi connectivity index (χ4v) is 2.62. The highest BCUT2D eigenvalue weighted by Crippen LogP contribution is 2.18. The van der Waals surface area contributed by atoms with Crippen LogP contribution in [0.4, 0.5) is 5.88 Å². The smallest absolute Gasteiger partial charge is 0.284 e. The lowest BCUT2D eigenvalue weighted by atomic mass is 10.4. The van der Waals surface area contributed by atoms with E-state index in [1.165, 1.54) is 6.08 Å². The van der Waals surface area contributed by atoms with Gasteiger partial charge in [0, 0.05) is 40.7 Å². The summed E-state index contributed by atoms with van der Waals surface area (Å²) >= 11 is 4.91. The van der Waals surface area contributed by atoms with Crippen LogP contribution in [0.15, 0.2) is 32.7 Å². The summed E-state index contributed by atoms with van der Waals surface area (Å²) < 4.78 is 7.32. The van der Waals surface area contributed by atoms with Gasteiger partial charge in [-0.2, -0.15) is 0 Å². The lowest BCUT2D eigenvalue weighted by Crippen LogP contribution is -2.39. The summed E-state index contributed by atoms with van der Waals surface area (Å²) in [4.78, 5) is 12.7. The fraction of sp³-hybridized carbons (Fsp3) is 0.250. The van der Waals surface area contributed by atoms with Crippen molar-refractivity contribution in [1.29, 1.82) is 0 Å². The van der Waals surface area contributed by atoms with Gasteiger partial charge in [0.05, 0.1) is 0 Å². The molecule has 0 aliphatic carbocycles. The lowest BCUT2D eigenvalue weighted by molar-refractivity contribution is -0.788. The van der Waals surface area contributed by atoms with Crippen LogP contribution in [0.2, 0.25) is 0 Å². The third-order valence-corrected chi connectivity index (χ3v) is 3.84. The molecule has 100 valence electrons. The first-order valence-corrected chi connectivity index (χ1v) is 7.34. The normalized spacial score (nSPS) is 11.4. The Kier molecular flexibility index (Phi) is 4.49. The SMILES string of the molecule is CC(C)[n+]1noc(NC(=O)/C=C/c2cccs2)c1Br. The minimum absolute atomic E-state index is 0.144. The van der Waals surface area contributed by atoms with Crippen LogP contribution in [-0.2, 0) is 4.79 Å². The van der Waals surface area contributed by atoms with Gasteiger partial charge in [0.15, 0.2) is 6.04 Å². The summed E-state index contributed by atoms with van der Waals surface area (Å²) in [6, 6.07) is 4.01. The quantitative estimate of drug-likeness (QED) is 0.686. The molecule has 1 N–H and O–H groups in total. The number of rotatable bonds is 4. The Balaban J connectivity index is 2.03. The van der Waals surface area contributed by atoms with Crippen molar-refractivity contribution in [2.24, 2.45) is 0 Å². The summed E-state index contributed by atoms with van der Waals surface area (Å²) in [6.07, 6.45) is 3.21. The first kappa shape index (κ1) is 14.0. The van der Waals surface area contributed by atoms with Crippen LogP contribution in [0.1, 0.15) is 24.8 Å². The standard InChI is InChI=1S/C12H12BrN3O2S/c1-8(2)16-11(13)12(18-15-16)14-10(17)6-5-9-4-3-7-19-9/h3-8H,1-2H3/p+1/b6-5+. The lowest BCUT2D eigenvalue weighted by Gasteiger charge is -1.94. The third-order valence-electron chi connectivity index (χ3n) is 2.28. The van der Waals surface area contributed by atoms with Gasteiger partial charge in [-0.05, 0) is 22.2 Å². The molecular weight excluding hydrogens is 330 g/mol. The maximum Gasteiger partial charge on any atom is 0.340 e. The fourth-order valence-electron chi connectivity index (χ4n) is 1.36. The van der Waals surface area contributed by atoms with Crippen LogP contribution < -0.4 is 10.00 Å². The molecule has 0 fully saturated rings. The van der Waals surface area contributed by atoms with Gasteiger partial charge in [-0.3, -0.25) is 14.6 Å². The van der Waals surface area contributed by atoms with Gasteiger partial charge >= 0.3 is 10.5 Å². The molecule has 0 aromatic carbocycles. The van der Waals surface area contributed by atoms with Gasteiger partial charge in [0.2, 0.25) is 5.27 Å². The average molecular weight is 343 g/mol. The minimum atomic E-state index is -0.263. The third kappa shape index (κ3) is 3.51. The second kappa shape index (κ2) is 6.12. The van der Waals surface area contributed by atoms with E-state index in [-0.39, 0.29) is 11.9 Å². The summed E-state index contributed by atoms with van der Waals surface area (Å²) in [7, 11) is 0. The molecule has 0 atom stereocenters. The largest absolute Gasteiger partial charge is 0.340 e. The van der Waals surface area contributed by atoms with Gasteiger partial charge in [-0.15, -0.1) is 11.3 Å². The second-order valence-electron chi connectivity index (χ2n) is 4.07. The van der Waals surface area contributed by atoms with E-state index in [0.29, 0.717) is 10.5 Å². The van der Waals surface area contributed by atoms with E-state index >= 15 is 0 Å². The van der Waals surface area contributed by atoms with Crippen molar-refractivity contribution in [2.75, 3.05) is 5.32 Å². The molecule has 2 aromatic heterocycles. The molecule has 0 aliphatic rings. The summed E-state index contributed by atoms with van der Waals surface area (Å²) in [5.41, 5.74) is 0. The van der Waals surface area contributed by atoms with Crippen LogP contribution in [0, 0.1) is 0 Å². The van der Waals surface area contributed by atoms with Crippen LogP contribution in [-0.4, -0.2) is 11.2 Å². The predicted octanol–water partition coefficient (Wildman–Crippen LogP) is 3.02. The van der Waals surface area contributed by atoms with Crippen molar-refractivity contribution < 1.29 is 14.0 Å². The molecule has 2 rings (SSSR count). The highest BCUT2D eigenvalue weighted by Gasteiger charge is 2.25. The molecule has 0 saturated carbocycles. The number of hydrogen-bond acceptors (Lipinski definition) is 4. The van der Waals surface area contributed by atoms with E-state index in [2.05, 4.69) is 26.5 Å². The van der Waals surface area contributed by atoms with Crippen LogP contribution in [0.5, 0.6) is 0 Å². The average Bonchev–Trinajstić information content (AvgIpc) is 2.98. The predicted molar refractivity (Wildman–Crippen MR) is 76.8 cm³/mol. The maximum atomic E-state index is 11.7. The van der Waals surface area contributed by atoms with Gasteiger partial charge in [-0.25, -0.2) is 0 Å². The molecule has 1 amide bonds. The number of anilines is 1. The monoisotopic (exact) mass is 342 g/mol. The van der Waals surface area contributed by atoms with Crippen molar-refractivity contribution in [2.45, 2.75) is 19.9 Å². The van der Waals surface area contributed by atoms with E-state index < -0.39 is 0 Å². The number of amides is 1. The van der Waals surface area contributed by atoms with Crippen LogP contribution in [0.3, 0.4) is 0 Å². The van der Waals surface area contributed by atoms with Crippen molar-refractivity contribution in [3.05, 3.63) is 33.1 Å². The topological polar surface area (TPSA) is 59.0 Å². The zero-order valence-electron chi connectivity index (χ0n) is 10.5. The number of nitrogens with one attached hydrogen (secondary N) is 1. The molecule has 5 nitrogen and oxygen atoms in total. The zero-order valence-corrected chi connectivity index (χ0v) is 12.9. The molecule has 0 spiro atoms. The number of carbonyl (C=O) groups is 1. The van der Waals surface area contributed by atoms with E-state index in [9.17, 15) is 4.79 Å². The van der Waals surface area contributed by atoms with Crippen molar-refractivity contribution in [3.8, 4) is 0 Å². The minimum Gasteiger partial charge on any atom is -0.284 e. The van der Waals surface area contributed by atoms with Crippen molar-refractivity contribution in [1.82, 2.24) is 5.27 Å². The van der Waals surface area contributed by atoms with Gasteiger partial charge in [-0.1, -0.05) is 6.07 Å². The zero-order chi connectivity index (χ0) is 13.8. The number of halogens is 1. The number of carbonyl (C=O) groups excluding carboxylic acids is 1. The Hall–Kier alpha value is -1.47. The first-order chi connectivity index (χ1) is 9.08. The Morgan fingerprint density at radius 2 is 2.42 bits per heavy atom. The molecule has 0 radical (unpaired) electrons. The van der Waals surface area contributed by atoms with Crippen molar-refractivity contribution >= 4 is 45.1 Å². The molecule has 7 heteroatoms. The number of hydrogen-bond donors (Lipinski definition) is 1. The molecule has 2 heterocycles. The number of aromatic nitrogens is 2. The van der Waals surface area contributed by atoms with Crippen molar-refractivity contribution in [3.63, 3.8) is 0 Å². The number of thiophene rings is 1. The van der Waals surface area contributed by atoms with Gasteiger partial charge in [0.25, 0.3) is 5.91 Å². The highest BCUT2D eigenvalue weighted by molar-refractivity contribution is 9.10. The molecule has 0 saturated heterocycles. The Morgan fingerprint density at radius 3 is 3.00 bits per heavy atom. The molecule has 19 heavy (non-hydrogen) atoms. The molecule has 0 bridgehead atoms. The van der Waals surface area contributed by atoms with Gasteiger partial charge < -0.3 is 0 Å². The highest BCUT2D eigenvalue weighted by atomic mass is 79.9. The van der Waals surface area contributed by atoms with E-state index in [1.54, 1.807) is 22.1 Å². The van der Waals surface area contributed by atoms with E-state index in [4.69, 9.17) is 4.52 Å². The van der Waals surface area contributed by atoms with E-state index in [0.717, 1.165) is 4.88 Å². The number of nitrogens with zero attached hydrogens (tertiary/aromatic N) is 2. The van der Waals surface area contributed by atoms with E-state index in [1.807, 2.05) is 31.4 Å². The Morgan fingerprint density at radius 1 is 1.63 bits per heavy atom. The summed E-state index contributed by atoms with van der Waals surface area (Å²) in [5, 5.41) is 8.42. The van der Waals surface area contributed by atoms with Gasteiger partial charge in [0.1, 0.15) is 0 Å². The first-order valence-electron chi connectivity index (χ1n) is 5.67. The Bertz CT molecular complexity index is 590. The summed E-state index contributed by atoms with van der Waals surface area (Å²) in [6.45, 7) is 3.94. The summed E-state index contributed by atoms with van der Waals surface area (Å²) in [5.74, 6) is 0.0377. The van der Waals surface area contributed by atoms with Crippen LogP contribution in [0.25, 0.3) is 6.08 Å². The maximum absolute atomic E-state index is 11.7. The second-order valence-corrected chi connectivity index (χ2v) is 5.80. The van der Waals surface area contributed by atoms with Crippen LogP contribution >= 0.6 is 27.3 Å².